The Morgan fingerprint density at radius 3 is 1.56 bits per heavy atom. The molecule has 3 aliphatic rings. The molecule has 0 fully saturated rings. The highest BCUT2D eigenvalue weighted by atomic mass is 32.1. The zero-order chi connectivity index (χ0) is 48.8. The number of hydrogen-bond donors (Lipinski definition) is 0. The van der Waals surface area contributed by atoms with Crippen LogP contribution in [0.1, 0.15) is 0 Å². The van der Waals surface area contributed by atoms with E-state index in [1.54, 1.807) is 0 Å². The number of para-hydroxylation sites is 6. The first kappa shape index (κ1) is 40.6. The van der Waals surface area contributed by atoms with E-state index >= 15 is 0 Å². The normalized spacial score (nSPS) is 13.3. The largest absolute Gasteiger partial charge is 0.375 e. The number of benzene rings is 11. The maximum atomic E-state index is 2.72. The Labute approximate surface area is 440 Å². The van der Waals surface area contributed by atoms with E-state index in [0.717, 1.165) is 11.4 Å². The van der Waals surface area contributed by atoms with E-state index in [-0.39, 0.29) is 13.7 Å². The molecule has 0 spiro atoms. The van der Waals surface area contributed by atoms with E-state index in [2.05, 4.69) is 250 Å². The van der Waals surface area contributed by atoms with Crippen LogP contribution in [-0.2, 0) is 0 Å². The van der Waals surface area contributed by atoms with E-state index in [1.807, 2.05) is 22.7 Å². The fourth-order valence-electron chi connectivity index (χ4n) is 14.2. The summed E-state index contributed by atoms with van der Waals surface area (Å²) in [7, 11) is 2.27. The Bertz CT molecular complexity index is 5010. The summed E-state index contributed by atoms with van der Waals surface area (Å²) in [5.74, 6) is 0. The van der Waals surface area contributed by atoms with Crippen molar-refractivity contribution in [3.05, 3.63) is 224 Å². The van der Waals surface area contributed by atoms with Crippen LogP contribution in [0.15, 0.2) is 224 Å². The first-order valence-electron chi connectivity index (χ1n) is 26.0. The zero-order valence-electron chi connectivity index (χ0n) is 40.6. The Hall–Kier alpha value is -8.81. The second-order valence-corrected chi connectivity index (χ2v) is 22.8. The van der Waals surface area contributed by atoms with Crippen LogP contribution in [0.2, 0.25) is 0 Å². The Kier molecular flexibility index (Phi) is 7.96. The fraction of sp³-hybridized carbons (Fsp3) is 0.0149. The molecule has 18 rings (SSSR count). The SMILES string of the molecule is CN(c1ccccc1)c1cc2sc3ccccc3c2c2c1B(c1ccc3c(c1)B1c4c(cc5sc6ccccc6c5c4-c4cccc5c6ccccc6n1c45)N3c1ccccc1)n1c3ccccc3c3cccc-2c31. The van der Waals surface area contributed by atoms with Gasteiger partial charge < -0.3 is 18.8 Å². The molecule has 7 heterocycles. The third-order valence-corrected chi connectivity index (χ3v) is 19.3. The Morgan fingerprint density at radius 2 is 0.920 bits per heavy atom. The highest BCUT2D eigenvalue weighted by molar-refractivity contribution is 7.26. The molecule has 3 aliphatic heterocycles. The maximum absolute atomic E-state index is 2.72. The number of fused-ring (bicyclic) bond motifs is 20. The van der Waals surface area contributed by atoms with Crippen molar-refractivity contribution in [1.29, 1.82) is 0 Å². The van der Waals surface area contributed by atoms with Gasteiger partial charge in [-0.2, -0.15) is 0 Å². The smallest absolute Gasteiger partial charge is 0.333 e. The van der Waals surface area contributed by atoms with Gasteiger partial charge in [0.25, 0.3) is 0 Å². The van der Waals surface area contributed by atoms with Crippen molar-refractivity contribution in [3.8, 4) is 22.3 Å². The molecule has 0 bridgehead atoms. The van der Waals surface area contributed by atoms with Gasteiger partial charge in [0, 0.05) is 131 Å². The average molecular weight is 987 g/mol. The zero-order valence-corrected chi connectivity index (χ0v) is 42.3. The van der Waals surface area contributed by atoms with E-state index in [9.17, 15) is 0 Å². The van der Waals surface area contributed by atoms with E-state index in [4.69, 9.17) is 0 Å². The molecular weight excluding hydrogens is 947 g/mol. The van der Waals surface area contributed by atoms with Gasteiger partial charge in [0.1, 0.15) is 0 Å². The van der Waals surface area contributed by atoms with Crippen molar-refractivity contribution in [2.45, 2.75) is 0 Å². The average Bonchev–Trinajstić information content (AvgIpc) is 4.34. The molecule has 11 aromatic carbocycles. The lowest BCUT2D eigenvalue weighted by Crippen LogP contribution is -2.59. The lowest BCUT2D eigenvalue weighted by molar-refractivity contribution is 1.22. The van der Waals surface area contributed by atoms with Gasteiger partial charge in [-0.05, 0) is 94.2 Å². The molecule has 4 aromatic heterocycles. The predicted molar refractivity (Wildman–Crippen MR) is 326 cm³/mol. The number of anilines is 5. The van der Waals surface area contributed by atoms with Crippen molar-refractivity contribution in [1.82, 2.24) is 8.96 Å². The molecule has 0 saturated heterocycles. The van der Waals surface area contributed by atoms with Gasteiger partial charge in [0.2, 0.25) is 0 Å². The lowest BCUT2D eigenvalue weighted by atomic mass is 9.42. The van der Waals surface area contributed by atoms with Crippen molar-refractivity contribution >= 4 is 171 Å². The van der Waals surface area contributed by atoms with Crippen LogP contribution in [-0.4, -0.2) is 29.7 Å². The summed E-state index contributed by atoms with van der Waals surface area (Å²) in [5.41, 5.74) is 21.6. The molecule has 346 valence electrons. The van der Waals surface area contributed by atoms with Crippen molar-refractivity contribution in [2.75, 3.05) is 16.8 Å². The highest BCUT2D eigenvalue weighted by Gasteiger charge is 2.46. The van der Waals surface area contributed by atoms with Gasteiger partial charge in [-0.25, -0.2) is 0 Å². The van der Waals surface area contributed by atoms with E-state index < -0.39 is 0 Å². The number of hydrogen-bond acceptors (Lipinski definition) is 4. The molecule has 0 atom stereocenters. The topological polar surface area (TPSA) is 16.3 Å². The van der Waals surface area contributed by atoms with Gasteiger partial charge in [-0.15, -0.1) is 22.7 Å². The minimum Gasteiger partial charge on any atom is -0.375 e. The standard InChI is InChI=1S/C67H40B2N4S2/c1-70(40-18-4-2-5-19-40)54-37-58-60(46-24-10-14-32-56(46)74-58)62-48-28-16-26-44-42-22-8-12-30-51(42)72(66(44)48)68(64(54)62)39-34-35-53-50(36-39)69-65-55(71(53)41-20-6-3-7-21-41)38-59-61(47-25-11-15-33-57(47)75-59)63(65)49-29-17-27-45-43-23-9-13-31-52(43)73(69)67(45)49/h2-38H,1H3. The second-order valence-electron chi connectivity index (χ2n) is 20.7. The number of thiophene rings is 2. The highest BCUT2D eigenvalue weighted by Crippen LogP contribution is 2.52. The van der Waals surface area contributed by atoms with Gasteiger partial charge in [0.05, 0.1) is 0 Å². The molecule has 4 nitrogen and oxygen atoms in total. The first-order chi connectivity index (χ1) is 37.2. The summed E-state index contributed by atoms with van der Waals surface area (Å²) in [6, 6.07) is 85.1. The van der Waals surface area contributed by atoms with Crippen LogP contribution in [0.5, 0.6) is 0 Å². The summed E-state index contributed by atoms with van der Waals surface area (Å²) in [6.07, 6.45) is 0. The third-order valence-electron chi connectivity index (χ3n) is 17.1. The quantitative estimate of drug-likeness (QED) is 0.163. The van der Waals surface area contributed by atoms with Crippen molar-refractivity contribution in [3.63, 3.8) is 0 Å². The predicted octanol–water partition coefficient (Wildman–Crippen LogP) is 15.5. The molecule has 0 N–H and O–H groups in total. The van der Waals surface area contributed by atoms with Crippen molar-refractivity contribution < 1.29 is 0 Å². The Balaban J connectivity index is 1.02. The summed E-state index contributed by atoms with van der Waals surface area (Å²) in [5, 5.41) is 10.5. The van der Waals surface area contributed by atoms with Crippen LogP contribution >= 0.6 is 22.7 Å². The van der Waals surface area contributed by atoms with Crippen LogP contribution in [0.3, 0.4) is 0 Å². The molecule has 0 radical (unpaired) electrons. The molecule has 0 saturated carbocycles. The molecule has 15 aromatic rings. The number of rotatable bonds is 4. The lowest BCUT2D eigenvalue weighted by Gasteiger charge is -2.41. The maximum Gasteiger partial charge on any atom is 0.333 e. The van der Waals surface area contributed by atoms with Gasteiger partial charge >= 0.3 is 13.7 Å². The molecule has 0 amide bonds. The van der Waals surface area contributed by atoms with Gasteiger partial charge in [-0.3, -0.25) is 0 Å². The summed E-state index contributed by atoms with van der Waals surface area (Å²) >= 11 is 3.83. The summed E-state index contributed by atoms with van der Waals surface area (Å²) < 4.78 is 10.7. The van der Waals surface area contributed by atoms with Crippen LogP contribution < -0.4 is 31.7 Å². The third kappa shape index (κ3) is 5.18. The minimum absolute atomic E-state index is 0.128. The molecular formula is C67H40B2N4S2. The molecule has 0 aliphatic carbocycles. The first-order valence-corrected chi connectivity index (χ1v) is 27.6. The number of nitrogens with zero attached hydrogens (tertiary/aromatic N) is 4. The van der Waals surface area contributed by atoms with Gasteiger partial charge in [-0.1, -0.05) is 163 Å². The summed E-state index contributed by atoms with van der Waals surface area (Å²) in [4.78, 5) is 5.03. The van der Waals surface area contributed by atoms with Crippen molar-refractivity contribution in [2.24, 2.45) is 0 Å². The van der Waals surface area contributed by atoms with E-state index in [1.165, 1.54) is 145 Å². The minimum atomic E-state index is -0.196. The molecule has 8 heteroatoms. The van der Waals surface area contributed by atoms with Crippen LogP contribution in [0.25, 0.3) is 106 Å². The van der Waals surface area contributed by atoms with Crippen LogP contribution in [0, 0.1) is 0 Å². The van der Waals surface area contributed by atoms with Gasteiger partial charge in [0.15, 0.2) is 0 Å². The fourth-order valence-corrected chi connectivity index (χ4v) is 16.5. The molecule has 0 unspecified atom stereocenters. The number of aromatic nitrogens is 2. The summed E-state index contributed by atoms with van der Waals surface area (Å²) in [6.45, 7) is -0.324. The molecule has 75 heavy (non-hydrogen) atoms. The second kappa shape index (κ2) is 14.7. The van der Waals surface area contributed by atoms with Crippen LogP contribution in [0.4, 0.5) is 28.4 Å². The Morgan fingerprint density at radius 1 is 0.400 bits per heavy atom. The monoisotopic (exact) mass is 986 g/mol. The van der Waals surface area contributed by atoms with E-state index in [0.29, 0.717) is 0 Å².